The Morgan fingerprint density at radius 3 is 2.78 bits per heavy atom. The lowest BCUT2D eigenvalue weighted by Gasteiger charge is -2.17. The normalized spacial score (nSPS) is 21.2. The van der Waals surface area contributed by atoms with Gasteiger partial charge in [-0.2, -0.15) is 12.7 Å². The first-order valence-electron chi connectivity index (χ1n) is 5.94. The van der Waals surface area contributed by atoms with Crippen molar-refractivity contribution < 1.29 is 23.1 Å². The quantitative estimate of drug-likeness (QED) is 0.743. The molecule has 0 aromatic rings. The molecule has 1 unspecified atom stereocenters. The van der Waals surface area contributed by atoms with Crippen LogP contribution < -0.4 is 4.72 Å². The lowest BCUT2D eigenvalue weighted by molar-refractivity contribution is 0.121. The van der Waals surface area contributed by atoms with Gasteiger partial charge in [-0.25, -0.2) is 9.52 Å². The van der Waals surface area contributed by atoms with E-state index in [0.29, 0.717) is 25.9 Å². The third kappa shape index (κ3) is 4.43. The molecular formula is C10H20N2O5S. The summed E-state index contributed by atoms with van der Waals surface area (Å²) in [6.45, 7) is 4.00. The van der Waals surface area contributed by atoms with Crippen LogP contribution in [0.2, 0.25) is 0 Å². The standard InChI is InChI=1S/C10H20N2O5S/c1-8(2)17-10(14)11-18(15,16)12-5-3-9(7-12)4-6-13/h8-9,13H,3-7H2,1-2H3,(H,11,14). The van der Waals surface area contributed by atoms with E-state index in [1.54, 1.807) is 13.8 Å². The minimum atomic E-state index is -3.83. The van der Waals surface area contributed by atoms with Crippen LogP contribution in [0.3, 0.4) is 0 Å². The van der Waals surface area contributed by atoms with Gasteiger partial charge < -0.3 is 9.84 Å². The predicted molar refractivity (Wildman–Crippen MR) is 65.1 cm³/mol. The average Bonchev–Trinajstić information content (AvgIpc) is 2.65. The summed E-state index contributed by atoms with van der Waals surface area (Å²) in [6.07, 6.45) is -0.0695. The number of carbonyl (C=O) groups excluding carboxylic acids is 1. The fourth-order valence-electron chi connectivity index (χ4n) is 1.84. The molecule has 1 rings (SSSR count). The number of amides is 1. The summed E-state index contributed by atoms with van der Waals surface area (Å²) in [4.78, 5) is 11.3. The molecule has 8 heteroatoms. The maximum atomic E-state index is 11.8. The first-order chi connectivity index (χ1) is 8.35. The molecule has 1 aliphatic heterocycles. The average molecular weight is 280 g/mol. The molecule has 18 heavy (non-hydrogen) atoms. The Kier molecular flexibility index (Phi) is 5.36. The van der Waals surface area contributed by atoms with Crippen molar-refractivity contribution in [2.24, 2.45) is 5.92 Å². The maximum Gasteiger partial charge on any atom is 0.422 e. The van der Waals surface area contributed by atoms with E-state index < -0.39 is 16.3 Å². The van der Waals surface area contributed by atoms with Crippen molar-refractivity contribution in [3.05, 3.63) is 0 Å². The minimum Gasteiger partial charge on any atom is -0.446 e. The Morgan fingerprint density at radius 2 is 2.22 bits per heavy atom. The Bertz CT molecular complexity index is 382. The van der Waals surface area contributed by atoms with E-state index in [1.165, 1.54) is 4.31 Å². The molecule has 0 radical (unpaired) electrons. The summed E-state index contributed by atoms with van der Waals surface area (Å²) in [7, 11) is -3.83. The molecule has 0 aromatic heterocycles. The maximum absolute atomic E-state index is 11.8. The molecule has 1 atom stereocenters. The number of carbonyl (C=O) groups is 1. The first kappa shape index (κ1) is 15.2. The molecule has 0 bridgehead atoms. The van der Waals surface area contributed by atoms with Gasteiger partial charge in [-0.3, -0.25) is 0 Å². The third-order valence-corrected chi connectivity index (χ3v) is 4.12. The number of aliphatic hydroxyl groups is 1. The Morgan fingerprint density at radius 1 is 1.56 bits per heavy atom. The number of hydrogen-bond donors (Lipinski definition) is 2. The molecular weight excluding hydrogens is 260 g/mol. The van der Waals surface area contributed by atoms with Gasteiger partial charge in [0.15, 0.2) is 0 Å². The Labute approximate surface area is 107 Å². The molecule has 7 nitrogen and oxygen atoms in total. The molecule has 1 amide bonds. The summed E-state index contributed by atoms with van der Waals surface area (Å²) in [5, 5.41) is 8.80. The van der Waals surface area contributed by atoms with Gasteiger partial charge in [0.25, 0.3) is 0 Å². The summed E-state index contributed by atoms with van der Waals surface area (Å²) >= 11 is 0. The van der Waals surface area contributed by atoms with Crippen LogP contribution in [0.25, 0.3) is 0 Å². The summed E-state index contributed by atoms with van der Waals surface area (Å²) < 4.78 is 31.4. The number of nitrogens with zero attached hydrogens (tertiary/aromatic N) is 1. The van der Waals surface area contributed by atoms with Gasteiger partial charge >= 0.3 is 16.3 Å². The van der Waals surface area contributed by atoms with Crippen LogP contribution in [0.1, 0.15) is 26.7 Å². The lowest BCUT2D eigenvalue weighted by Crippen LogP contribution is -2.43. The van der Waals surface area contributed by atoms with Crippen molar-refractivity contribution in [1.82, 2.24) is 9.03 Å². The van der Waals surface area contributed by atoms with Crippen molar-refractivity contribution in [2.45, 2.75) is 32.8 Å². The first-order valence-corrected chi connectivity index (χ1v) is 7.38. The number of ether oxygens (including phenoxy) is 1. The van der Waals surface area contributed by atoms with Crippen LogP contribution in [0.15, 0.2) is 0 Å². The highest BCUT2D eigenvalue weighted by Crippen LogP contribution is 2.21. The summed E-state index contributed by atoms with van der Waals surface area (Å²) in [6, 6.07) is 0. The molecule has 1 heterocycles. The highest BCUT2D eigenvalue weighted by atomic mass is 32.2. The van der Waals surface area contributed by atoms with Gasteiger partial charge in [0.05, 0.1) is 6.10 Å². The topological polar surface area (TPSA) is 95.9 Å². The van der Waals surface area contributed by atoms with E-state index in [0.717, 1.165) is 0 Å². The fraction of sp³-hybridized carbons (Fsp3) is 0.900. The molecule has 0 aliphatic carbocycles. The number of aliphatic hydroxyl groups excluding tert-OH is 1. The molecule has 1 aliphatic rings. The second-order valence-corrected chi connectivity index (χ2v) is 6.26. The second kappa shape index (κ2) is 6.35. The van der Waals surface area contributed by atoms with E-state index in [4.69, 9.17) is 9.84 Å². The molecule has 1 saturated heterocycles. The van der Waals surface area contributed by atoms with Crippen molar-refractivity contribution in [2.75, 3.05) is 19.7 Å². The van der Waals surface area contributed by atoms with Gasteiger partial charge in [-0.1, -0.05) is 0 Å². The van der Waals surface area contributed by atoms with Gasteiger partial charge in [0.2, 0.25) is 0 Å². The highest BCUT2D eigenvalue weighted by Gasteiger charge is 2.32. The Hall–Kier alpha value is -0.860. The highest BCUT2D eigenvalue weighted by molar-refractivity contribution is 7.87. The van der Waals surface area contributed by atoms with Gasteiger partial charge in [0.1, 0.15) is 0 Å². The summed E-state index contributed by atoms with van der Waals surface area (Å²) in [5.74, 6) is 0.146. The van der Waals surface area contributed by atoms with E-state index in [1.807, 2.05) is 4.72 Å². The van der Waals surface area contributed by atoms with Crippen LogP contribution in [0, 0.1) is 5.92 Å². The van der Waals surface area contributed by atoms with Crippen LogP contribution in [-0.4, -0.2) is 49.7 Å². The zero-order valence-corrected chi connectivity index (χ0v) is 11.4. The monoisotopic (exact) mass is 280 g/mol. The van der Waals surface area contributed by atoms with Crippen molar-refractivity contribution in [3.63, 3.8) is 0 Å². The van der Waals surface area contributed by atoms with Crippen molar-refractivity contribution >= 4 is 16.3 Å². The number of hydrogen-bond acceptors (Lipinski definition) is 5. The minimum absolute atomic E-state index is 0.0430. The molecule has 0 aromatic carbocycles. The van der Waals surface area contributed by atoms with E-state index in [9.17, 15) is 13.2 Å². The van der Waals surface area contributed by atoms with Crippen molar-refractivity contribution in [3.8, 4) is 0 Å². The largest absolute Gasteiger partial charge is 0.446 e. The van der Waals surface area contributed by atoms with Crippen LogP contribution in [-0.2, 0) is 14.9 Å². The number of nitrogens with one attached hydrogen (secondary N) is 1. The molecule has 2 N–H and O–H groups in total. The van der Waals surface area contributed by atoms with Crippen LogP contribution in [0.5, 0.6) is 0 Å². The van der Waals surface area contributed by atoms with Crippen molar-refractivity contribution in [1.29, 1.82) is 0 Å². The van der Waals surface area contributed by atoms with Crippen LogP contribution in [0.4, 0.5) is 4.79 Å². The van der Waals surface area contributed by atoms with Gasteiger partial charge in [-0.15, -0.1) is 0 Å². The van der Waals surface area contributed by atoms with E-state index in [2.05, 4.69) is 0 Å². The third-order valence-electron chi connectivity index (χ3n) is 2.68. The van der Waals surface area contributed by atoms with E-state index >= 15 is 0 Å². The number of rotatable bonds is 5. The smallest absolute Gasteiger partial charge is 0.422 e. The zero-order chi connectivity index (χ0) is 13.8. The molecule has 0 spiro atoms. The SMILES string of the molecule is CC(C)OC(=O)NS(=O)(=O)N1CCC(CCO)C1. The second-order valence-electron chi connectivity index (χ2n) is 4.59. The lowest BCUT2D eigenvalue weighted by atomic mass is 10.1. The Balaban J connectivity index is 2.52. The van der Waals surface area contributed by atoms with Crippen LogP contribution >= 0.6 is 0 Å². The zero-order valence-electron chi connectivity index (χ0n) is 10.6. The summed E-state index contributed by atoms with van der Waals surface area (Å²) in [5.41, 5.74) is 0. The van der Waals surface area contributed by atoms with Gasteiger partial charge in [-0.05, 0) is 32.6 Å². The van der Waals surface area contributed by atoms with Gasteiger partial charge in [0, 0.05) is 19.7 Å². The molecule has 106 valence electrons. The fourth-order valence-corrected chi connectivity index (χ4v) is 2.98. The predicted octanol–water partition coefficient (Wildman–Crippen LogP) is 0.0701. The van der Waals surface area contributed by atoms with E-state index in [-0.39, 0.29) is 18.6 Å². The molecule has 0 saturated carbocycles. The molecule has 1 fully saturated rings.